The van der Waals surface area contributed by atoms with E-state index >= 15 is 0 Å². The summed E-state index contributed by atoms with van der Waals surface area (Å²) in [5.41, 5.74) is 7.35. The molecule has 110 valence electrons. The molecule has 0 amide bonds. The average Bonchev–Trinajstić information content (AvgIpc) is 2.42. The van der Waals surface area contributed by atoms with Crippen molar-refractivity contribution in [3.8, 4) is 0 Å². The Kier molecular flexibility index (Phi) is 5.64. The van der Waals surface area contributed by atoms with Gasteiger partial charge >= 0.3 is 0 Å². The van der Waals surface area contributed by atoms with Crippen LogP contribution >= 0.6 is 23.8 Å². The number of nitrogens with two attached hydrogens (primary N) is 1. The van der Waals surface area contributed by atoms with Gasteiger partial charge in [-0.3, -0.25) is 0 Å². The molecular formula is C15H22ClN3S. The van der Waals surface area contributed by atoms with Gasteiger partial charge in [0, 0.05) is 18.2 Å². The first-order chi connectivity index (χ1) is 9.56. The number of nitrogens with zero attached hydrogens (tertiary/aromatic N) is 1. The van der Waals surface area contributed by atoms with Crippen molar-refractivity contribution in [2.75, 3.05) is 25.0 Å². The molecule has 0 aliphatic carbocycles. The molecule has 1 unspecified atom stereocenters. The van der Waals surface area contributed by atoms with E-state index in [-0.39, 0.29) is 0 Å². The van der Waals surface area contributed by atoms with Gasteiger partial charge in [0.1, 0.15) is 4.99 Å². The molecular weight excluding hydrogens is 290 g/mol. The normalized spacial score (nSPS) is 17.7. The van der Waals surface area contributed by atoms with Crippen molar-refractivity contribution in [1.82, 2.24) is 4.90 Å². The number of anilines is 1. The van der Waals surface area contributed by atoms with Crippen molar-refractivity contribution in [2.45, 2.75) is 32.2 Å². The van der Waals surface area contributed by atoms with Crippen LogP contribution in [0.4, 0.5) is 5.69 Å². The summed E-state index contributed by atoms with van der Waals surface area (Å²) in [7, 11) is 0. The molecule has 5 heteroatoms. The zero-order valence-corrected chi connectivity index (χ0v) is 13.4. The van der Waals surface area contributed by atoms with E-state index in [4.69, 9.17) is 29.6 Å². The van der Waals surface area contributed by atoms with Gasteiger partial charge in [0.15, 0.2) is 0 Å². The van der Waals surface area contributed by atoms with E-state index in [2.05, 4.69) is 17.1 Å². The van der Waals surface area contributed by atoms with E-state index in [1.165, 1.54) is 32.4 Å². The quantitative estimate of drug-likeness (QED) is 0.819. The summed E-state index contributed by atoms with van der Waals surface area (Å²) in [5.74, 6) is 0. The maximum Gasteiger partial charge on any atom is 0.104 e. The molecule has 0 radical (unpaired) electrons. The Morgan fingerprint density at radius 3 is 2.70 bits per heavy atom. The summed E-state index contributed by atoms with van der Waals surface area (Å²) in [4.78, 5) is 2.89. The summed E-state index contributed by atoms with van der Waals surface area (Å²) in [5, 5.41) is 4.13. The van der Waals surface area contributed by atoms with Crippen molar-refractivity contribution in [3.05, 3.63) is 28.8 Å². The Morgan fingerprint density at radius 1 is 1.40 bits per heavy atom. The Hall–Kier alpha value is -0.840. The first-order valence-electron chi connectivity index (χ1n) is 7.14. The zero-order chi connectivity index (χ0) is 14.5. The number of nitrogens with one attached hydrogen (secondary N) is 1. The second kappa shape index (κ2) is 7.25. The molecule has 0 spiro atoms. The van der Waals surface area contributed by atoms with E-state index in [0.717, 1.165) is 17.8 Å². The van der Waals surface area contributed by atoms with Gasteiger partial charge in [0.25, 0.3) is 0 Å². The van der Waals surface area contributed by atoms with Crippen LogP contribution in [0.2, 0.25) is 5.02 Å². The molecule has 1 fully saturated rings. The topological polar surface area (TPSA) is 41.3 Å². The van der Waals surface area contributed by atoms with Gasteiger partial charge < -0.3 is 16.0 Å². The van der Waals surface area contributed by atoms with Gasteiger partial charge in [-0.2, -0.15) is 0 Å². The van der Waals surface area contributed by atoms with Crippen LogP contribution < -0.4 is 11.1 Å². The van der Waals surface area contributed by atoms with Gasteiger partial charge in [-0.15, -0.1) is 0 Å². The highest BCUT2D eigenvalue weighted by Gasteiger charge is 2.14. The van der Waals surface area contributed by atoms with Crippen molar-refractivity contribution < 1.29 is 0 Å². The molecule has 3 N–H and O–H groups in total. The van der Waals surface area contributed by atoms with Gasteiger partial charge in [0.05, 0.1) is 10.7 Å². The van der Waals surface area contributed by atoms with Crippen LogP contribution in [0.1, 0.15) is 31.7 Å². The smallest absolute Gasteiger partial charge is 0.104 e. The highest BCUT2D eigenvalue weighted by molar-refractivity contribution is 7.80. The molecule has 1 saturated heterocycles. The number of rotatable bonds is 5. The largest absolute Gasteiger partial charge is 0.389 e. The predicted octanol–water partition coefficient (Wildman–Crippen LogP) is 3.26. The zero-order valence-electron chi connectivity index (χ0n) is 11.9. The fourth-order valence-electron chi connectivity index (χ4n) is 2.63. The first-order valence-corrected chi connectivity index (χ1v) is 7.93. The number of likely N-dealkylation sites (tertiary alicyclic amines) is 1. The van der Waals surface area contributed by atoms with Crippen molar-refractivity contribution in [3.63, 3.8) is 0 Å². The first kappa shape index (κ1) is 15.5. The maximum absolute atomic E-state index is 6.27. The number of thiocarbonyl (C=S) groups is 1. The SMILES string of the molecule is CC(CN1CCCCC1)Nc1ccc(C(N)=S)cc1Cl. The number of hydrogen-bond donors (Lipinski definition) is 2. The Bertz CT molecular complexity index is 472. The van der Waals surface area contributed by atoms with Crippen LogP contribution in [0.5, 0.6) is 0 Å². The molecule has 20 heavy (non-hydrogen) atoms. The van der Waals surface area contributed by atoms with Crippen LogP contribution in [-0.2, 0) is 0 Å². The summed E-state index contributed by atoms with van der Waals surface area (Å²) >= 11 is 11.2. The van der Waals surface area contributed by atoms with Gasteiger partial charge in [-0.25, -0.2) is 0 Å². The molecule has 3 nitrogen and oxygen atoms in total. The second-order valence-corrected chi connectivity index (χ2v) is 6.31. The third-order valence-electron chi connectivity index (χ3n) is 3.64. The van der Waals surface area contributed by atoms with E-state index in [9.17, 15) is 0 Å². The predicted molar refractivity (Wildman–Crippen MR) is 90.7 cm³/mol. The molecule has 2 rings (SSSR count). The van der Waals surface area contributed by atoms with Gasteiger partial charge in [-0.05, 0) is 51.1 Å². The van der Waals surface area contributed by atoms with Crippen LogP contribution in [0.25, 0.3) is 0 Å². The Morgan fingerprint density at radius 2 is 2.10 bits per heavy atom. The lowest BCUT2D eigenvalue weighted by atomic mass is 10.1. The van der Waals surface area contributed by atoms with E-state index in [1.807, 2.05) is 18.2 Å². The molecule has 0 aromatic heterocycles. The van der Waals surface area contributed by atoms with E-state index in [0.29, 0.717) is 16.1 Å². The van der Waals surface area contributed by atoms with Crippen LogP contribution in [-0.4, -0.2) is 35.6 Å². The lowest BCUT2D eigenvalue weighted by molar-refractivity contribution is 0.223. The third-order valence-corrected chi connectivity index (χ3v) is 4.18. The van der Waals surface area contributed by atoms with Crippen molar-refractivity contribution in [1.29, 1.82) is 0 Å². The summed E-state index contributed by atoms with van der Waals surface area (Å²) in [6.45, 7) is 5.65. The molecule has 1 aromatic carbocycles. The van der Waals surface area contributed by atoms with Gasteiger partial charge in [-0.1, -0.05) is 30.2 Å². The molecule has 1 aliphatic rings. The standard InChI is InChI=1S/C15H22ClN3S/c1-11(10-19-7-3-2-4-8-19)18-14-6-5-12(15(17)20)9-13(14)16/h5-6,9,11,18H,2-4,7-8,10H2,1H3,(H2,17,20). The van der Waals surface area contributed by atoms with E-state index in [1.54, 1.807) is 0 Å². The number of hydrogen-bond acceptors (Lipinski definition) is 3. The monoisotopic (exact) mass is 311 g/mol. The average molecular weight is 312 g/mol. The molecule has 1 atom stereocenters. The Labute approximate surface area is 131 Å². The van der Waals surface area contributed by atoms with E-state index < -0.39 is 0 Å². The lowest BCUT2D eigenvalue weighted by Gasteiger charge is -2.29. The van der Waals surface area contributed by atoms with Crippen molar-refractivity contribution in [2.24, 2.45) is 5.73 Å². The minimum absolute atomic E-state index is 0.362. The highest BCUT2D eigenvalue weighted by atomic mass is 35.5. The third kappa shape index (κ3) is 4.33. The lowest BCUT2D eigenvalue weighted by Crippen LogP contribution is -2.38. The second-order valence-electron chi connectivity index (χ2n) is 5.47. The number of benzene rings is 1. The van der Waals surface area contributed by atoms with Crippen LogP contribution in [0.3, 0.4) is 0 Å². The number of halogens is 1. The number of piperidine rings is 1. The summed E-state index contributed by atoms with van der Waals surface area (Å²) < 4.78 is 0. The fraction of sp³-hybridized carbons (Fsp3) is 0.533. The molecule has 1 aromatic rings. The maximum atomic E-state index is 6.27. The van der Waals surface area contributed by atoms with Gasteiger partial charge in [0.2, 0.25) is 0 Å². The highest BCUT2D eigenvalue weighted by Crippen LogP contribution is 2.24. The molecule has 1 heterocycles. The Balaban J connectivity index is 1.93. The van der Waals surface area contributed by atoms with Crippen LogP contribution in [0, 0.1) is 0 Å². The molecule has 1 aliphatic heterocycles. The fourth-order valence-corrected chi connectivity index (χ4v) is 2.99. The minimum Gasteiger partial charge on any atom is -0.389 e. The molecule has 0 saturated carbocycles. The summed E-state index contributed by atoms with van der Waals surface area (Å²) in [6, 6.07) is 6.04. The molecule has 0 bridgehead atoms. The van der Waals surface area contributed by atoms with Crippen molar-refractivity contribution >= 4 is 34.5 Å². The minimum atomic E-state index is 0.362. The summed E-state index contributed by atoms with van der Waals surface area (Å²) in [6.07, 6.45) is 4.00. The van der Waals surface area contributed by atoms with Crippen LogP contribution in [0.15, 0.2) is 18.2 Å².